The average molecular weight is 268 g/mol. The molecule has 4 nitrogen and oxygen atoms in total. The van der Waals surface area contributed by atoms with E-state index in [-0.39, 0.29) is 5.91 Å². The van der Waals surface area contributed by atoms with E-state index >= 15 is 0 Å². The van der Waals surface area contributed by atoms with Gasteiger partial charge in [0.1, 0.15) is 0 Å². The molecular formula is C15H28N2O2. The van der Waals surface area contributed by atoms with E-state index in [0.717, 1.165) is 25.4 Å². The Balaban J connectivity index is 1.73. The molecule has 1 aliphatic carbocycles. The molecular weight excluding hydrogens is 240 g/mol. The standard InChI is InChI=1S/C15H28N2O2/c1-2-14(13-6-4-3-5-7-13)16-12-15(18)17-8-10-19-11-9-17/h13-14,16H,2-12H2,1H3. The molecule has 1 N–H and O–H groups in total. The molecule has 1 aliphatic heterocycles. The molecule has 4 heteroatoms. The van der Waals surface area contributed by atoms with Crippen LogP contribution in [0.5, 0.6) is 0 Å². The molecule has 19 heavy (non-hydrogen) atoms. The van der Waals surface area contributed by atoms with Gasteiger partial charge in [0.2, 0.25) is 5.91 Å². The first-order chi connectivity index (χ1) is 9.31. The smallest absolute Gasteiger partial charge is 0.236 e. The van der Waals surface area contributed by atoms with Gasteiger partial charge in [-0.2, -0.15) is 0 Å². The molecule has 2 aliphatic rings. The van der Waals surface area contributed by atoms with E-state index in [1.54, 1.807) is 0 Å². The zero-order chi connectivity index (χ0) is 13.5. The molecule has 110 valence electrons. The summed E-state index contributed by atoms with van der Waals surface area (Å²) in [5, 5.41) is 3.50. The van der Waals surface area contributed by atoms with Gasteiger partial charge in [-0.05, 0) is 25.2 Å². The molecule has 1 saturated heterocycles. The lowest BCUT2D eigenvalue weighted by molar-refractivity contribution is -0.134. The number of hydrogen-bond acceptors (Lipinski definition) is 3. The molecule has 0 spiro atoms. The Labute approximate surface area is 116 Å². The molecule has 1 heterocycles. The summed E-state index contributed by atoms with van der Waals surface area (Å²) in [4.78, 5) is 14.0. The maximum Gasteiger partial charge on any atom is 0.236 e. The number of rotatable bonds is 5. The van der Waals surface area contributed by atoms with Crippen molar-refractivity contribution in [3.8, 4) is 0 Å². The molecule has 1 unspecified atom stereocenters. The second-order valence-corrected chi connectivity index (χ2v) is 5.79. The van der Waals surface area contributed by atoms with Crippen molar-refractivity contribution < 1.29 is 9.53 Å². The third-order valence-corrected chi connectivity index (χ3v) is 4.54. The first-order valence-corrected chi connectivity index (χ1v) is 7.90. The van der Waals surface area contributed by atoms with Crippen LogP contribution in [0.3, 0.4) is 0 Å². The van der Waals surface area contributed by atoms with Crippen molar-refractivity contribution in [2.45, 2.75) is 51.5 Å². The fourth-order valence-electron chi connectivity index (χ4n) is 3.32. The van der Waals surface area contributed by atoms with E-state index in [4.69, 9.17) is 4.74 Å². The highest BCUT2D eigenvalue weighted by Crippen LogP contribution is 2.27. The summed E-state index contributed by atoms with van der Waals surface area (Å²) in [6.45, 7) is 5.60. The van der Waals surface area contributed by atoms with Gasteiger partial charge < -0.3 is 15.0 Å². The van der Waals surface area contributed by atoms with Gasteiger partial charge >= 0.3 is 0 Å². The Kier molecular flexibility index (Phi) is 6.11. The largest absolute Gasteiger partial charge is 0.378 e. The fourth-order valence-corrected chi connectivity index (χ4v) is 3.32. The molecule has 0 radical (unpaired) electrons. The Morgan fingerprint density at radius 1 is 1.26 bits per heavy atom. The summed E-state index contributed by atoms with van der Waals surface area (Å²) in [5.74, 6) is 1.01. The lowest BCUT2D eigenvalue weighted by Gasteiger charge is -2.32. The summed E-state index contributed by atoms with van der Waals surface area (Å²) >= 11 is 0. The highest BCUT2D eigenvalue weighted by molar-refractivity contribution is 5.78. The van der Waals surface area contributed by atoms with Crippen molar-refractivity contribution in [1.29, 1.82) is 0 Å². The van der Waals surface area contributed by atoms with Crippen LogP contribution in [0.25, 0.3) is 0 Å². The Morgan fingerprint density at radius 3 is 2.58 bits per heavy atom. The number of nitrogens with zero attached hydrogens (tertiary/aromatic N) is 1. The van der Waals surface area contributed by atoms with E-state index in [0.29, 0.717) is 25.8 Å². The lowest BCUT2D eigenvalue weighted by Crippen LogP contribution is -2.47. The molecule has 0 aromatic rings. The van der Waals surface area contributed by atoms with Crippen LogP contribution in [-0.2, 0) is 9.53 Å². The van der Waals surface area contributed by atoms with Gasteiger partial charge in [0.05, 0.1) is 19.8 Å². The van der Waals surface area contributed by atoms with Crippen LogP contribution < -0.4 is 5.32 Å². The first kappa shape index (κ1) is 14.8. The van der Waals surface area contributed by atoms with Crippen molar-refractivity contribution in [1.82, 2.24) is 10.2 Å². The summed E-state index contributed by atoms with van der Waals surface area (Å²) in [6.07, 6.45) is 7.90. The van der Waals surface area contributed by atoms with Gasteiger partial charge in [0.15, 0.2) is 0 Å². The molecule has 0 aromatic heterocycles. The predicted octanol–water partition coefficient (Wildman–Crippen LogP) is 1.79. The van der Waals surface area contributed by atoms with Crippen molar-refractivity contribution in [3.63, 3.8) is 0 Å². The summed E-state index contributed by atoms with van der Waals surface area (Å²) in [6, 6.07) is 0.519. The number of carbonyl (C=O) groups is 1. The Bertz CT molecular complexity index is 271. The van der Waals surface area contributed by atoms with Crippen molar-refractivity contribution in [2.75, 3.05) is 32.8 Å². The summed E-state index contributed by atoms with van der Waals surface area (Å²) in [5.41, 5.74) is 0. The topological polar surface area (TPSA) is 41.6 Å². The van der Waals surface area contributed by atoms with Crippen LogP contribution in [0.2, 0.25) is 0 Å². The Hall–Kier alpha value is -0.610. The van der Waals surface area contributed by atoms with Crippen molar-refractivity contribution >= 4 is 5.91 Å². The highest BCUT2D eigenvalue weighted by Gasteiger charge is 2.23. The van der Waals surface area contributed by atoms with Crippen LogP contribution >= 0.6 is 0 Å². The van der Waals surface area contributed by atoms with Gasteiger partial charge in [-0.3, -0.25) is 4.79 Å². The monoisotopic (exact) mass is 268 g/mol. The molecule has 2 fully saturated rings. The van der Waals surface area contributed by atoms with E-state index in [2.05, 4.69) is 12.2 Å². The summed E-state index contributed by atoms with van der Waals surface area (Å²) < 4.78 is 5.28. The highest BCUT2D eigenvalue weighted by atomic mass is 16.5. The molecule has 1 saturated carbocycles. The van der Waals surface area contributed by atoms with Crippen LogP contribution in [0.15, 0.2) is 0 Å². The fraction of sp³-hybridized carbons (Fsp3) is 0.933. The number of carbonyl (C=O) groups excluding carboxylic acids is 1. The zero-order valence-corrected chi connectivity index (χ0v) is 12.2. The van der Waals surface area contributed by atoms with Crippen LogP contribution in [0.4, 0.5) is 0 Å². The van der Waals surface area contributed by atoms with Crippen LogP contribution in [-0.4, -0.2) is 49.7 Å². The molecule has 0 aromatic carbocycles. The first-order valence-electron chi connectivity index (χ1n) is 7.90. The van der Waals surface area contributed by atoms with Crippen LogP contribution in [0.1, 0.15) is 45.4 Å². The zero-order valence-electron chi connectivity index (χ0n) is 12.2. The molecule has 1 amide bonds. The number of hydrogen-bond donors (Lipinski definition) is 1. The van der Waals surface area contributed by atoms with Crippen molar-refractivity contribution in [2.24, 2.45) is 5.92 Å². The lowest BCUT2D eigenvalue weighted by atomic mass is 9.83. The number of morpholine rings is 1. The van der Waals surface area contributed by atoms with Gasteiger partial charge in [0.25, 0.3) is 0 Å². The molecule has 0 bridgehead atoms. The average Bonchev–Trinajstić information content (AvgIpc) is 2.49. The van der Waals surface area contributed by atoms with Gasteiger partial charge in [-0.25, -0.2) is 0 Å². The van der Waals surface area contributed by atoms with Gasteiger partial charge in [-0.1, -0.05) is 26.2 Å². The third kappa shape index (κ3) is 4.46. The number of amides is 1. The number of ether oxygens (including phenoxy) is 1. The second kappa shape index (κ2) is 7.85. The van der Waals surface area contributed by atoms with E-state index < -0.39 is 0 Å². The van der Waals surface area contributed by atoms with Gasteiger partial charge in [0, 0.05) is 19.1 Å². The van der Waals surface area contributed by atoms with Crippen LogP contribution in [0, 0.1) is 5.92 Å². The van der Waals surface area contributed by atoms with E-state index in [1.807, 2.05) is 4.90 Å². The predicted molar refractivity (Wildman–Crippen MR) is 76.1 cm³/mol. The molecule has 1 atom stereocenters. The minimum atomic E-state index is 0.234. The molecule has 2 rings (SSSR count). The van der Waals surface area contributed by atoms with Gasteiger partial charge in [-0.15, -0.1) is 0 Å². The maximum absolute atomic E-state index is 12.1. The summed E-state index contributed by atoms with van der Waals surface area (Å²) in [7, 11) is 0. The minimum absolute atomic E-state index is 0.234. The van der Waals surface area contributed by atoms with E-state index in [1.165, 1.54) is 32.1 Å². The van der Waals surface area contributed by atoms with E-state index in [9.17, 15) is 4.79 Å². The second-order valence-electron chi connectivity index (χ2n) is 5.79. The maximum atomic E-state index is 12.1. The third-order valence-electron chi connectivity index (χ3n) is 4.54. The quantitative estimate of drug-likeness (QED) is 0.826. The minimum Gasteiger partial charge on any atom is -0.378 e. The number of nitrogens with one attached hydrogen (secondary N) is 1. The Morgan fingerprint density at radius 2 is 1.95 bits per heavy atom. The normalized spacial score (nSPS) is 23.3. The van der Waals surface area contributed by atoms with Crippen molar-refractivity contribution in [3.05, 3.63) is 0 Å². The SMILES string of the molecule is CCC(NCC(=O)N1CCOCC1)C1CCCCC1.